The first kappa shape index (κ1) is 7.27. The minimum atomic E-state index is 0.928. The Morgan fingerprint density at radius 1 is 1.57 bits per heavy atom. The molecule has 0 aliphatic rings. The van der Waals surface area contributed by atoms with Crippen LogP contribution in [0.25, 0.3) is 0 Å². The Hall–Kier alpha value is 0.270. The van der Waals surface area contributed by atoms with Gasteiger partial charge in [-0.15, -0.1) is 0 Å². The van der Waals surface area contributed by atoms with Crippen LogP contribution in [-0.2, 0) is 0 Å². The van der Waals surface area contributed by atoms with Crippen molar-refractivity contribution in [1.29, 1.82) is 0 Å². The Balaban J connectivity index is 2.83. The number of thiol groups is 1. The third kappa shape index (κ3) is 4.12. The van der Waals surface area contributed by atoms with Crippen LogP contribution in [0.5, 0.6) is 0 Å². The summed E-state index contributed by atoms with van der Waals surface area (Å²) < 4.78 is 1.75. The molecule has 0 unspecified atom stereocenters. The van der Waals surface area contributed by atoms with Gasteiger partial charge in [-0.25, -0.2) is 5.43 Å². The van der Waals surface area contributed by atoms with Crippen LogP contribution in [0.3, 0.4) is 0 Å². The van der Waals surface area contributed by atoms with Crippen LogP contribution in [0.4, 0.5) is 0 Å². The normalized spacial score (nSPS) is 10.3. The van der Waals surface area contributed by atoms with Gasteiger partial charge in [-0.05, 0) is 0 Å². The van der Waals surface area contributed by atoms with Crippen molar-refractivity contribution in [2.24, 2.45) is 0 Å². The number of hydrazine groups is 1. The van der Waals surface area contributed by atoms with Gasteiger partial charge in [-0.2, -0.15) is 4.41 Å². The highest BCUT2D eigenvalue weighted by molar-refractivity contribution is 7.77. The van der Waals surface area contributed by atoms with Gasteiger partial charge >= 0.3 is 0 Å². The molecule has 0 atom stereocenters. The Kier molecular flexibility index (Phi) is 4.60. The molecule has 0 saturated heterocycles. The van der Waals surface area contributed by atoms with Crippen LogP contribution in [0.1, 0.15) is 13.8 Å². The van der Waals surface area contributed by atoms with Crippen molar-refractivity contribution in [2.75, 3.05) is 13.1 Å². The molecule has 2 nitrogen and oxygen atoms in total. The fraction of sp³-hybridized carbons (Fsp3) is 1.00. The molecular formula is C4H12N2S. The molecule has 0 radical (unpaired) electrons. The summed E-state index contributed by atoms with van der Waals surface area (Å²) in [7, 11) is 0. The minimum Gasteiger partial charge on any atom is -0.246 e. The lowest BCUT2D eigenvalue weighted by atomic mass is 10.8. The van der Waals surface area contributed by atoms with E-state index in [0.717, 1.165) is 13.1 Å². The third-order valence-corrected chi connectivity index (χ3v) is 1.06. The SMILES string of the molecule is CCNN(S)CC. The van der Waals surface area contributed by atoms with Gasteiger partial charge in [0.15, 0.2) is 0 Å². The van der Waals surface area contributed by atoms with Gasteiger partial charge in [0.2, 0.25) is 0 Å². The fourth-order valence-electron chi connectivity index (χ4n) is 0.294. The van der Waals surface area contributed by atoms with E-state index in [1.54, 1.807) is 4.41 Å². The zero-order valence-electron chi connectivity index (χ0n) is 4.81. The molecule has 0 aromatic rings. The van der Waals surface area contributed by atoms with Crippen molar-refractivity contribution in [2.45, 2.75) is 13.8 Å². The van der Waals surface area contributed by atoms with E-state index in [1.807, 2.05) is 13.8 Å². The maximum Gasteiger partial charge on any atom is 0.0213 e. The molecular weight excluding hydrogens is 108 g/mol. The van der Waals surface area contributed by atoms with E-state index in [-0.39, 0.29) is 0 Å². The summed E-state index contributed by atoms with van der Waals surface area (Å²) in [4.78, 5) is 0. The highest BCUT2D eigenvalue weighted by atomic mass is 32.1. The van der Waals surface area contributed by atoms with Gasteiger partial charge in [0, 0.05) is 13.1 Å². The van der Waals surface area contributed by atoms with Crippen molar-refractivity contribution >= 4 is 12.8 Å². The van der Waals surface area contributed by atoms with Gasteiger partial charge in [-0.1, -0.05) is 26.7 Å². The van der Waals surface area contributed by atoms with E-state index in [1.165, 1.54) is 0 Å². The number of rotatable bonds is 3. The molecule has 44 valence electrons. The summed E-state index contributed by atoms with van der Waals surface area (Å²) in [6, 6.07) is 0. The number of hydrogen-bond donors (Lipinski definition) is 2. The molecule has 0 aromatic heterocycles. The van der Waals surface area contributed by atoms with Gasteiger partial charge in [0.25, 0.3) is 0 Å². The average Bonchev–Trinajstić information content (AvgIpc) is 1.68. The summed E-state index contributed by atoms with van der Waals surface area (Å²) in [5, 5.41) is 0. The zero-order valence-corrected chi connectivity index (χ0v) is 5.70. The molecule has 0 fully saturated rings. The molecule has 0 spiro atoms. The second kappa shape index (κ2) is 4.43. The summed E-state index contributed by atoms with van der Waals surface area (Å²) in [5.41, 5.74) is 2.99. The molecule has 0 aromatic carbocycles. The molecule has 1 N–H and O–H groups in total. The fourth-order valence-corrected chi connectivity index (χ4v) is 0.436. The predicted octanol–water partition coefficient (Wildman–Crippen LogP) is 0.678. The molecule has 0 aliphatic carbocycles. The van der Waals surface area contributed by atoms with Crippen LogP contribution in [0.15, 0.2) is 0 Å². The zero-order chi connectivity index (χ0) is 5.70. The van der Waals surface area contributed by atoms with Gasteiger partial charge < -0.3 is 0 Å². The minimum absolute atomic E-state index is 0.928. The van der Waals surface area contributed by atoms with E-state index in [4.69, 9.17) is 0 Å². The van der Waals surface area contributed by atoms with Crippen LogP contribution in [-0.4, -0.2) is 17.5 Å². The Labute approximate surface area is 50.4 Å². The van der Waals surface area contributed by atoms with E-state index in [0.29, 0.717) is 0 Å². The quantitative estimate of drug-likeness (QED) is 0.420. The van der Waals surface area contributed by atoms with Gasteiger partial charge in [0.1, 0.15) is 0 Å². The van der Waals surface area contributed by atoms with E-state index >= 15 is 0 Å². The maximum absolute atomic E-state index is 4.03. The van der Waals surface area contributed by atoms with E-state index < -0.39 is 0 Å². The van der Waals surface area contributed by atoms with Crippen molar-refractivity contribution in [3.63, 3.8) is 0 Å². The summed E-state index contributed by atoms with van der Waals surface area (Å²) in [5.74, 6) is 0. The lowest BCUT2D eigenvalue weighted by Gasteiger charge is -2.10. The highest BCUT2D eigenvalue weighted by Crippen LogP contribution is 1.81. The number of nitrogens with zero attached hydrogens (tertiary/aromatic N) is 1. The smallest absolute Gasteiger partial charge is 0.0213 e. The molecule has 0 aliphatic heterocycles. The van der Waals surface area contributed by atoms with Crippen molar-refractivity contribution in [3.8, 4) is 0 Å². The molecule has 0 amide bonds. The summed E-state index contributed by atoms with van der Waals surface area (Å²) in [6.07, 6.45) is 0. The van der Waals surface area contributed by atoms with Crippen molar-refractivity contribution < 1.29 is 0 Å². The highest BCUT2D eigenvalue weighted by Gasteiger charge is 1.85. The monoisotopic (exact) mass is 120 g/mol. The Morgan fingerprint density at radius 3 is 2.29 bits per heavy atom. The van der Waals surface area contributed by atoms with Crippen LogP contribution in [0, 0.1) is 0 Å². The number of hydrogen-bond acceptors (Lipinski definition) is 3. The second-order valence-electron chi connectivity index (χ2n) is 1.23. The van der Waals surface area contributed by atoms with Crippen molar-refractivity contribution in [1.82, 2.24) is 9.84 Å². The molecule has 0 heterocycles. The Morgan fingerprint density at radius 2 is 2.14 bits per heavy atom. The lowest BCUT2D eigenvalue weighted by molar-refractivity contribution is 0.383. The topological polar surface area (TPSA) is 15.3 Å². The summed E-state index contributed by atoms with van der Waals surface area (Å²) >= 11 is 4.03. The Bertz CT molecular complexity index is 40.7. The average molecular weight is 120 g/mol. The number of nitrogens with one attached hydrogen (secondary N) is 1. The molecule has 0 saturated carbocycles. The van der Waals surface area contributed by atoms with Crippen LogP contribution in [0.2, 0.25) is 0 Å². The molecule has 7 heavy (non-hydrogen) atoms. The molecule has 3 heteroatoms. The lowest BCUT2D eigenvalue weighted by Crippen LogP contribution is -2.28. The standard InChI is InChI=1S/C4H12N2S/c1-3-5-6(7)4-2/h5,7H,3-4H2,1-2H3. The first-order valence-electron chi connectivity index (χ1n) is 2.51. The van der Waals surface area contributed by atoms with E-state index in [2.05, 4.69) is 18.2 Å². The second-order valence-corrected chi connectivity index (χ2v) is 1.71. The third-order valence-electron chi connectivity index (χ3n) is 0.640. The van der Waals surface area contributed by atoms with Crippen LogP contribution >= 0.6 is 12.8 Å². The summed E-state index contributed by atoms with van der Waals surface area (Å²) in [6.45, 7) is 5.95. The van der Waals surface area contributed by atoms with Crippen molar-refractivity contribution in [3.05, 3.63) is 0 Å². The molecule has 0 bridgehead atoms. The molecule has 0 rings (SSSR count). The van der Waals surface area contributed by atoms with Gasteiger partial charge in [0.05, 0.1) is 0 Å². The van der Waals surface area contributed by atoms with Crippen LogP contribution < -0.4 is 5.43 Å². The first-order chi connectivity index (χ1) is 3.31. The maximum atomic E-state index is 4.03. The van der Waals surface area contributed by atoms with Gasteiger partial charge in [-0.3, -0.25) is 0 Å². The largest absolute Gasteiger partial charge is 0.246 e. The predicted molar refractivity (Wildman–Crippen MR) is 35.0 cm³/mol. The van der Waals surface area contributed by atoms with E-state index in [9.17, 15) is 0 Å². The first-order valence-corrected chi connectivity index (χ1v) is 2.91.